The average molecular weight is 481 g/mol. The lowest BCUT2D eigenvalue weighted by molar-refractivity contribution is -0.119. The lowest BCUT2D eigenvalue weighted by Crippen LogP contribution is -2.42. The van der Waals surface area contributed by atoms with Gasteiger partial charge >= 0.3 is 0 Å². The lowest BCUT2D eigenvalue weighted by Gasteiger charge is -2.26. The van der Waals surface area contributed by atoms with E-state index in [0.29, 0.717) is 11.6 Å². The number of aryl methyl sites for hydroxylation is 2. The molecule has 0 fully saturated rings. The van der Waals surface area contributed by atoms with Crippen LogP contribution in [0, 0.1) is 13.8 Å². The van der Waals surface area contributed by atoms with Gasteiger partial charge < -0.3 is 10.1 Å². The number of carbonyl (C=O) groups is 1. The molecule has 0 aliphatic carbocycles. The van der Waals surface area contributed by atoms with Gasteiger partial charge in [-0.25, -0.2) is 8.42 Å². The first-order chi connectivity index (χ1) is 16.2. The molecule has 3 rings (SSSR count). The highest BCUT2D eigenvalue weighted by Crippen LogP contribution is 2.28. The summed E-state index contributed by atoms with van der Waals surface area (Å²) in [6.45, 7) is 8.19. The minimum absolute atomic E-state index is 0.136. The molecule has 34 heavy (non-hydrogen) atoms. The van der Waals surface area contributed by atoms with E-state index in [2.05, 4.69) is 19.2 Å². The summed E-state index contributed by atoms with van der Waals surface area (Å²) in [7, 11) is -3.93. The number of para-hydroxylation sites is 1. The highest BCUT2D eigenvalue weighted by atomic mass is 32.2. The highest BCUT2D eigenvalue weighted by Gasteiger charge is 2.28. The molecule has 0 aliphatic rings. The van der Waals surface area contributed by atoms with E-state index in [4.69, 9.17) is 4.74 Å². The Morgan fingerprint density at radius 3 is 2.32 bits per heavy atom. The van der Waals surface area contributed by atoms with E-state index in [0.717, 1.165) is 22.4 Å². The summed E-state index contributed by atoms with van der Waals surface area (Å²) in [6, 6.07) is 21.4. The van der Waals surface area contributed by atoms with Crippen LogP contribution in [0.15, 0.2) is 77.7 Å². The number of nitrogens with one attached hydrogen (secondary N) is 1. The molecule has 3 aromatic rings. The summed E-state index contributed by atoms with van der Waals surface area (Å²) in [6.07, 6.45) is 0. The maximum Gasteiger partial charge on any atom is 0.264 e. The van der Waals surface area contributed by atoms with Crippen molar-refractivity contribution in [3.05, 3.63) is 89.5 Å². The first kappa shape index (κ1) is 25.3. The molecule has 3 aromatic carbocycles. The number of anilines is 1. The van der Waals surface area contributed by atoms with Crippen LogP contribution >= 0.6 is 0 Å². The van der Waals surface area contributed by atoms with Gasteiger partial charge in [0.25, 0.3) is 10.0 Å². The molecule has 1 amide bonds. The Labute approximate surface area is 202 Å². The number of carbonyl (C=O) groups excluding carboxylic acids is 1. The van der Waals surface area contributed by atoms with Crippen molar-refractivity contribution >= 4 is 21.6 Å². The summed E-state index contributed by atoms with van der Waals surface area (Å²) in [5, 5.41) is 2.79. The third-order valence-electron chi connectivity index (χ3n) is 5.46. The number of sulfonamides is 1. The van der Waals surface area contributed by atoms with Gasteiger partial charge in [-0.2, -0.15) is 0 Å². The second-order valence-corrected chi connectivity index (χ2v) is 10.4. The summed E-state index contributed by atoms with van der Waals surface area (Å²) in [5.41, 5.74) is 3.37. The van der Waals surface area contributed by atoms with Crippen molar-refractivity contribution in [1.82, 2.24) is 5.32 Å². The minimum Gasteiger partial charge on any atom is -0.491 e. The standard InChI is InChI=1S/C27H32N2O4S/c1-20(2)24-12-8-9-13-26(24)33-17-16-28-27(30)19-29(25-15-14-21(3)18-22(25)4)34(31,32)23-10-6-5-7-11-23/h5-15,18,20H,16-17,19H2,1-4H3,(H,28,30). The van der Waals surface area contributed by atoms with Crippen molar-refractivity contribution in [3.63, 3.8) is 0 Å². The number of hydrogen-bond acceptors (Lipinski definition) is 4. The van der Waals surface area contributed by atoms with Crippen LogP contribution in [0.1, 0.15) is 36.5 Å². The zero-order valence-corrected chi connectivity index (χ0v) is 20.9. The third kappa shape index (κ3) is 6.17. The van der Waals surface area contributed by atoms with Gasteiger partial charge in [0.2, 0.25) is 5.91 Å². The Bertz CT molecular complexity index is 1220. The van der Waals surface area contributed by atoms with E-state index in [1.165, 1.54) is 16.4 Å². The molecule has 7 heteroatoms. The Morgan fingerprint density at radius 2 is 1.65 bits per heavy atom. The molecular formula is C27H32N2O4S. The molecule has 0 radical (unpaired) electrons. The zero-order chi connectivity index (χ0) is 24.7. The number of ether oxygens (including phenoxy) is 1. The van der Waals surface area contributed by atoms with Crippen molar-refractivity contribution in [2.24, 2.45) is 0 Å². The van der Waals surface area contributed by atoms with Crippen molar-refractivity contribution < 1.29 is 17.9 Å². The molecular weight excluding hydrogens is 448 g/mol. The van der Waals surface area contributed by atoms with Crippen molar-refractivity contribution in [3.8, 4) is 5.75 Å². The Morgan fingerprint density at radius 1 is 0.971 bits per heavy atom. The molecule has 6 nitrogen and oxygen atoms in total. The lowest BCUT2D eigenvalue weighted by atomic mass is 10.0. The molecule has 0 aromatic heterocycles. The highest BCUT2D eigenvalue weighted by molar-refractivity contribution is 7.92. The molecule has 0 saturated carbocycles. The fourth-order valence-electron chi connectivity index (χ4n) is 3.73. The minimum atomic E-state index is -3.93. The first-order valence-corrected chi connectivity index (χ1v) is 12.8. The van der Waals surface area contributed by atoms with E-state index in [9.17, 15) is 13.2 Å². The Hall–Kier alpha value is -3.32. The summed E-state index contributed by atoms with van der Waals surface area (Å²) < 4.78 is 33.9. The van der Waals surface area contributed by atoms with Crippen LogP contribution in [0.3, 0.4) is 0 Å². The predicted octanol–water partition coefficient (Wildman–Crippen LogP) is 4.82. The fourth-order valence-corrected chi connectivity index (χ4v) is 5.24. The largest absolute Gasteiger partial charge is 0.491 e. The molecule has 1 N–H and O–H groups in total. The number of benzene rings is 3. The topological polar surface area (TPSA) is 75.7 Å². The summed E-state index contributed by atoms with van der Waals surface area (Å²) >= 11 is 0. The summed E-state index contributed by atoms with van der Waals surface area (Å²) in [5.74, 6) is 0.704. The molecule has 0 unspecified atom stereocenters. The van der Waals surface area contributed by atoms with Crippen LogP contribution in [0.25, 0.3) is 0 Å². The van der Waals surface area contributed by atoms with Crippen molar-refractivity contribution in [2.75, 3.05) is 24.0 Å². The second kappa shape index (κ2) is 11.2. The molecule has 0 heterocycles. The quantitative estimate of drug-likeness (QED) is 0.422. The van der Waals surface area contributed by atoms with E-state index in [1.54, 1.807) is 24.3 Å². The number of hydrogen-bond donors (Lipinski definition) is 1. The smallest absolute Gasteiger partial charge is 0.264 e. The van der Waals surface area contributed by atoms with Gasteiger partial charge in [-0.1, -0.05) is 67.9 Å². The first-order valence-electron chi connectivity index (χ1n) is 11.3. The van der Waals surface area contributed by atoms with Crippen LogP contribution in [0.2, 0.25) is 0 Å². The van der Waals surface area contributed by atoms with Crippen LogP contribution in [-0.2, 0) is 14.8 Å². The van der Waals surface area contributed by atoms with Crippen LogP contribution in [-0.4, -0.2) is 34.0 Å². The predicted molar refractivity (Wildman–Crippen MR) is 136 cm³/mol. The second-order valence-electron chi connectivity index (χ2n) is 8.51. The van der Waals surface area contributed by atoms with Gasteiger partial charge in [-0.3, -0.25) is 9.10 Å². The molecule has 0 bridgehead atoms. The van der Waals surface area contributed by atoms with E-state index in [1.807, 2.05) is 50.2 Å². The SMILES string of the molecule is Cc1ccc(N(CC(=O)NCCOc2ccccc2C(C)C)S(=O)(=O)c2ccccc2)c(C)c1. The average Bonchev–Trinajstić information content (AvgIpc) is 2.81. The molecule has 0 aliphatic heterocycles. The van der Waals surface area contributed by atoms with Crippen LogP contribution in [0.5, 0.6) is 5.75 Å². The maximum atomic E-state index is 13.4. The normalized spacial score (nSPS) is 11.3. The number of rotatable bonds is 10. The van der Waals surface area contributed by atoms with E-state index < -0.39 is 15.9 Å². The van der Waals surface area contributed by atoms with E-state index >= 15 is 0 Å². The third-order valence-corrected chi connectivity index (χ3v) is 7.24. The monoisotopic (exact) mass is 480 g/mol. The number of amides is 1. The van der Waals surface area contributed by atoms with Gasteiger partial charge in [0.05, 0.1) is 17.1 Å². The van der Waals surface area contributed by atoms with Crippen molar-refractivity contribution in [2.45, 2.75) is 38.5 Å². The van der Waals surface area contributed by atoms with Gasteiger partial charge in [-0.15, -0.1) is 0 Å². The fraction of sp³-hybridized carbons (Fsp3) is 0.296. The van der Waals surface area contributed by atoms with E-state index in [-0.39, 0.29) is 24.6 Å². The van der Waals surface area contributed by atoms with Crippen LogP contribution < -0.4 is 14.4 Å². The molecule has 0 atom stereocenters. The zero-order valence-electron chi connectivity index (χ0n) is 20.1. The summed E-state index contributed by atoms with van der Waals surface area (Å²) in [4.78, 5) is 12.9. The van der Waals surface area contributed by atoms with Crippen LogP contribution in [0.4, 0.5) is 5.69 Å². The van der Waals surface area contributed by atoms with Gasteiger partial charge in [0, 0.05) is 0 Å². The number of nitrogens with zero attached hydrogens (tertiary/aromatic N) is 1. The van der Waals surface area contributed by atoms with Gasteiger partial charge in [0.1, 0.15) is 18.9 Å². The molecule has 180 valence electrons. The van der Waals surface area contributed by atoms with Gasteiger partial charge in [0.15, 0.2) is 0 Å². The molecule has 0 saturated heterocycles. The van der Waals surface area contributed by atoms with Crippen molar-refractivity contribution in [1.29, 1.82) is 0 Å². The maximum absolute atomic E-state index is 13.4. The Kier molecular flexibility index (Phi) is 8.34. The molecule has 0 spiro atoms. The Balaban J connectivity index is 1.72. The van der Waals surface area contributed by atoms with Gasteiger partial charge in [-0.05, 0) is 55.2 Å².